The Balaban J connectivity index is 1.79. The fourth-order valence-corrected chi connectivity index (χ4v) is 1.46. The lowest BCUT2D eigenvalue weighted by molar-refractivity contribution is 0.0522. The molecule has 1 aliphatic rings. The van der Waals surface area contributed by atoms with E-state index in [-0.39, 0.29) is 0 Å². The molecule has 2 heterocycles. The van der Waals surface area contributed by atoms with Gasteiger partial charge in [-0.05, 0) is 25.1 Å². The molecule has 1 aliphatic heterocycles. The first-order valence-corrected chi connectivity index (χ1v) is 4.67. The summed E-state index contributed by atoms with van der Waals surface area (Å²) in [6.45, 7) is 2.69. The van der Waals surface area contributed by atoms with Crippen molar-refractivity contribution < 1.29 is 4.74 Å². The number of nitrogens with one attached hydrogen (secondary N) is 1. The Morgan fingerprint density at radius 1 is 1.54 bits per heavy atom. The summed E-state index contributed by atoms with van der Waals surface area (Å²) in [5.74, 6) is 0. The van der Waals surface area contributed by atoms with E-state index in [1.165, 1.54) is 0 Å². The zero-order valence-corrected chi connectivity index (χ0v) is 7.57. The minimum Gasteiger partial charge on any atom is -0.371 e. The van der Waals surface area contributed by atoms with Crippen LogP contribution in [0.15, 0.2) is 24.4 Å². The van der Waals surface area contributed by atoms with Crippen LogP contribution >= 0.6 is 0 Å². The van der Waals surface area contributed by atoms with Crippen molar-refractivity contribution in [2.24, 2.45) is 0 Å². The van der Waals surface area contributed by atoms with E-state index in [1.54, 1.807) is 6.20 Å². The number of pyridine rings is 1. The van der Waals surface area contributed by atoms with Crippen molar-refractivity contribution in [3.05, 3.63) is 30.1 Å². The molecule has 1 N–H and O–H groups in total. The van der Waals surface area contributed by atoms with Gasteiger partial charge in [0.1, 0.15) is 0 Å². The van der Waals surface area contributed by atoms with Crippen molar-refractivity contribution in [2.45, 2.75) is 19.1 Å². The van der Waals surface area contributed by atoms with Gasteiger partial charge in [0.05, 0.1) is 18.4 Å². The van der Waals surface area contributed by atoms with Gasteiger partial charge >= 0.3 is 0 Å². The van der Waals surface area contributed by atoms with Gasteiger partial charge in [0, 0.05) is 12.7 Å². The molecule has 0 saturated carbocycles. The minimum atomic E-state index is 0.377. The number of aromatic nitrogens is 1. The lowest BCUT2D eigenvalue weighted by Crippen LogP contribution is -2.16. The highest BCUT2D eigenvalue weighted by Gasteiger charge is 2.14. The van der Waals surface area contributed by atoms with Crippen molar-refractivity contribution in [1.29, 1.82) is 0 Å². The molecule has 1 unspecified atom stereocenters. The van der Waals surface area contributed by atoms with Crippen LogP contribution in [-0.4, -0.2) is 24.2 Å². The molecular formula is C10H14N2O. The lowest BCUT2D eigenvalue weighted by Gasteiger charge is -2.09. The summed E-state index contributed by atoms with van der Waals surface area (Å²) in [7, 11) is 0. The molecule has 0 spiro atoms. The first-order valence-electron chi connectivity index (χ1n) is 4.67. The highest BCUT2D eigenvalue weighted by molar-refractivity contribution is 5.01. The average molecular weight is 178 g/mol. The summed E-state index contributed by atoms with van der Waals surface area (Å²) in [5.41, 5.74) is 1.01. The van der Waals surface area contributed by atoms with Crippen LogP contribution < -0.4 is 5.32 Å². The molecule has 0 amide bonds. The molecule has 1 saturated heterocycles. The highest BCUT2D eigenvalue weighted by atomic mass is 16.5. The quantitative estimate of drug-likeness (QED) is 0.748. The molecule has 0 aliphatic carbocycles. The Morgan fingerprint density at radius 3 is 3.23 bits per heavy atom. The zero-order valence-electron chi connectivity index (χ0n) is 7.57. The van der Waals surface area contributed by atoms with Crippen molar-refractivity contribution in [1.82, 2.24) is 10.3 Å². The number of nitrogens with zero attached hydrogens (tertiary/aromatic N) is 1. The van der Waals surface area contributed by atoms with Gasteiger partial charge in [0.15, 0.2) is 0 Å². The largest absolute Gasteiger partial charge is 0.371 e. The lowest BCUT2D eigenvalue weighted by atomic mass is 10.3. The summed E-state index contributed by atoms with van der Waals surface area (Å²) in [6.07, 6.45) is 3.29. The Kier molecular flexibility index (Phi) is 2.90. The van der Waals surface area contributed by atoms with Gasteiger partial charge in [-0.1, -0.05) is 6.07 Å². The van der Waals surface area contributed by atoms with Crippen molar-refractivity contribution in [2.75, 3.05) is 13.1 Å². The normalized spacial score (nSPS) is 22.0. The predicted octanol–water partition coefficient (Wildman–Crippen LogP) is 0.960. The summed E-state index contributed by atoms with van der Waals surface area (Å²) in [5, 5.41) is 3.26. The molecule has 13 heavy (non-hydrogen) atoms. The SMILES string of the molecule is c1ccc(COC2CCNC2)nc1. The molecule has 3 nitrogen and oxygen atoms in total. The van der Waals surface area contributed by atoms with Gasteiger partial charge in [0.25, 0.3) is 0 Å². The topological polar surface area (TPSA) is 34.1 Å². The van der Waals surface area contributed by atoms with Crippen LogP contribution in [0.5, 0.6) is 0 Å². The molecule has 1 aromatic heterocycles. The number of hydrogen-bond donors (Lipinski definition) is 1. The standard InChI is InChI=1S/C10H14N2O/c1-2-5-12-9(3-1)8-13-10-4-6-11-7-10/h1-3,5,10-11H,4,6-8H2. The van der Waals surface area contributed by atoms with Gasteiger partial charge in [-0.3, -0.25) is 4.98 Å². The smallest absolute Gasteiger partial charge is 0.0892 e. The number of hydrogen-bond acceptors (Lipinski definition) is 3. The van der Waals surface area contributed by atoms with E-state index in [1.807, 2.05) is 18.2 Å². The first kappa shape index (κ1) is 8.66. The minimum absolute atomic E-state index is 0.377. The van der Waals surface area contributed by atoms with E-state index in [9.17, 15) is 0 Å². The molecule has 1 fully saturated rings. The van der Waals surface area contributed by atoms with Gasteiger partial charge in [-0.2, -0.15) is 0 Å². The molecule has 0 bridgehead atoms. The van der Waals surface area contributed by atoms with E-state index in [0.29, 0.717) is 12.7 Å². The molecule has 3 heteroatoms. The van der Waals surface area contributed by atoms with Gasteiger partial charge in [-0.25, -0.2) is 0 Å². The molecule has 0 aromatic carbocycles. The van der Waals surface area contributed by atoms with E-state index in [0.717, 1.165) is 25.2 Å². The molecule has 0 radical (unpaired) electrons. The average Bonchev–Trinajstić information content (AvgIpc) is 2.69. The maximum Gasteiger partial charge on any atom is 0.0892 e. The monoisotopic (exact) mass is 178 g/mol. The van der Waals surface area contributed by atoms with E-state index in [2.05, 4.69) is 10.3 Å². The van der Waals surface area contributed by atoms with Crippen LogP contribution in [0.4, 0.5) is 0 Å². The van der Waals surface area contributed by atoms with Crippen LogP contribution in [0.25, 0.3) is 0 Å². The summed E-state index contributed by atoms with van der Waals surface area (Å²) in [4.78, 5) is 4.19. The van der Waals surface area contributed by atoms with Crippen LogP contribution in [0.1, 0.15) is 12.1 Å². The van der Waals surface area contributed by atoms with Crippen LogP contribution in [0, 0.1) is 0 Å². The van der Waals surface area contributed by atoms with Crippen molar-refractivity contribution in [3.63, 3.8) is 0 Å². The second-order valence-electron chi connectivity index (χ2n) is 3.25. The Labute approximate surface area is 78.1 Å². The van der Waals surface area contributed by atoms with Crippen LogP contribution in [0.2, 0.25) is 0 Å². The molecule has 1 atom stereocenters. The van der Waals surface area contributed by atoms with E-state index in [4.69, 9.17) is 4.74 Å². The second-order valence-corrected chi connectivity index (χ2v) is 3.25. The molecule has 1 aromatic rings. The van der Waals surface area contributed by atoms with E-state index < -0.39 is 0 Å². The Hall–Kier alpha value is -0.930. The predicted molar refractivity (Wildman–Crippen MR) is 50.3 cm³/mol. The fraction of sp³-hybridized carbons (Fsp3) is 0.500. The number of rotatable bonds is 3. The molecule has 2 rings (SSSR count). The third kappa shape index (κ3) is 2.50. The maximum absolute atomic E-state index is 5.66. The van der Waals surface area contributed by atoms with Crippen LogP contribution in [0.3, 0.4) is 0 Å². The Morgan fingerprint density at radius 2 is 2.54 bits per heavy atom. The molecule has 70 valence electrons. The highest BCUT2D eigenvalue weighted by Crippen LogP contribution is 2.06. The van der Waals surface area contributed by atoms with Crippen LogP contribution in [-0.2, 0) is 11.3 Å². The fourth-order valence-electron chi connectivity index (χ4n) is 1.46. The second kappa shape index (κ2) is 4.35. The zero-order chi connectivity index (χ0) is 8.93. The van der Waals surface area contributed by atoms with E-state index >= 15 is 0 Å². The van der Waals surface area contributed by atoms with Crippen molar-refractivity contribution >= 4 is 0 Å². The molecular weight excluding hydrogens is 164 g/mol. The van der Waals surface area contributed by atoms with Gasteiger partial charge in [-0.15, -0.1) is 0 Å². The van der Waals surface area contributed by atoms with Gasteiger partial charge in [0.2, 0.25) is 0 Å². The van der Waals surface area contributed by atoms with Gasteiger partial charge < -0.3 is 10.1 Å². The third-order valence-electron chi connectivity index (χ3n) is 2.21. The third-order valence-corrected chi connectivity index (χ3v) is 2.21. The maximum atomic E-state index is 5.66. The van der Waals surface area contributed by atoms with Crippen molar-refractivity contribution in [3.8, 4) is 0 Å². The first-order chi connectivity index (χ1) is 6.45. The summed E-state index contributed by atoms with van der Waals surface area (Å²) >= 11 is 0. The summed E-state index contributed by atoms with van der Waals surface area (Å²) < 4.78 is 5.66. The Bertz CT molecular complexity index is 244. The summed E-state index contributed by atoms with van der Waals surface area (Å²) in [6, 6.07) is 5.89. The number of ether oxygens (including phenoxy) is 1.